The van der Waals surface area contributed by atoms with E-state index >= 15 is 0 Å². The Morgan fingerprint density at radius 1 is 0.933 bits per heavy atom. The highest BCUT2D eigenvalue weighted by Crippen LogP contribution is 2.13. The van der Waals surface area contributed by atoms with Crippen molar-refractivity contribution in [1.29, 1.82) is 0 Å². The molecule has 0 unspecified atom stereocenters. The number of ether oxygens (including phenoxy) is 3. The summed E-state index contributed by atoms with van der Waals surface area (Å²) in [5.41, 5.74) is 0. The summed E-state index contributed by atoms with van der Waals surface area (Å²) in [7, 11) is -2.73. The fourth-order valence-corrected chi connectivity index (χ4v) is 6.44. The van der Waals surface area contributed by atoms with Gasteiger partial charge in [-0.15, -0.1) is 0 Å². The maximum atomic E-state index is 11.5. The fraction of sp³-hybridized carbons (Fsp3) is 0.545. The van der Waals surface area contributed by atoms with E-state index in [0.29, 0.717) is 13.2 Å². The molecule has 1 aromatic rings. The molecule has 0 heterocycles. The van der Waals surface area contributed by atoms with Crippen LogP contribution in [0.5, 0.6) is 0 Å². The fourth-order valence-electron chi connectivity index (χ4n) is 2.89. The summed E-state index contributed by atoms with van der Waals surface area (Å²) in [6.07, 6.45) is 1.52. The molecule has 6 nitrogen and oxygen atoms in total. The summed E-state index contributed by atoms with van der Waals surface area (Å²) in [5, 5.41) is 5.49. The number of rotatable bonds is 13. The second-order valence-corrected chi connectivity index (χ2v) is 18.8. The Kier molecular flexibility index (Phi) is 11.1. The van der Waals surface area contributed by atoms with Gasteiger partial charge >= 0.3 is 12.1 Å². The van der Waals surface area contributed by atoms with Crippen LogP contribution < -0.4 is 15.7 Å². The smallest absolute Gasteiger partial charge is 0.407 e. The van der Waals surface area contributed by atoms with Crippen molar-refractivity contribution in [2.45, 2.75) is 45.2 Å². The maximum Gasteiger partial charge on any atom is 0.407 e. The van der Waals surface area contributed by atoms with Crippen LogP contribution in [0.25, 0.3) is 0 Å². The molecule has 0 aliphatic carbocycles. The predicted octanol–water partition coefficient (Wildman–Crippen LogP) is 3.01. The lowest BCUT2D eigenvalue weighted by atomic mass is 10.4. The minimum absolute atomic E-state index is 0.0804. The normalized spacial score (nSPS) is 11.6. The quantitative estimate of drug-likeness (QED) is 0.216. The van der Waals surface area contributed by atoms with Gasteiger partial charge in [0.15, 0.2) is 0 Å². The van der Waals surface area contributed by atoms with E-state index in [1.165, 1.54) is 10.4 Å². The Hall–Kier alpha value is -1.91. The maximum absolute atomic E-state index is 11.5. The average Bonchev–Trinajstić information content (AvgIpc) is 2.69. The first-order chi connectivity index (χ1) is 14.1. The van der Waals surface area contributed by atoms with Crippen LogP contribution in [-0.2, 0) is 19.0 Å². The molecule has 1 aromatic carbocycles. The van der Waals surface area contributed by atoms with E-state index in [-0.39, 0.29) is 19.8 Å². The number of carbonyl (C=O) groups is 2. The highest BCUT2D eigenvalue weighted by molar-refractivity contribution is 6.90. The summed E-state index contributed by atoms with van der Waals surface area (Å²) < 4.78 is 15.3. The second-order valence-electron chi connectivity index (χ2n) is 8.86. The van der Waals surface area contributed by atoms with Crippen LogP contribution in [0.15, 0.2) is 36.9 Å². The van der Waals surface area contributed by atoms with Gasteiger partial charge in [0.1, 0.15) is 13.2 Å². The molecule has 0 saturated heterocycles. The third-order valence-corrected chi connectivity index (χ3v) is 10.4. The van der Waals surface area contributed by atoms with Crippen molar-refractivity contribution in [2.75, 3.05) is 33.0 Å². The van der Waals surface area contributed by atoms with Crippen molar-refractivity contribution in [1.82, 2.24) is 5.32 Å². The molecule has 1 amide bonds. The summed E-state index contributed by atoms with van der Waals surface area (Å²) in [6.45, 7) is 16.7. The third kappa shape index (κ3) is 10.2. The van der Waals surface area contributed by atoms with E-state index in [4.69, 9.17) is 14.2 Å². The Bertz CT molecular complexity index is 684. The molecule has 0 radical (unpaired) electrons. The summed E-state index contributed by atoms with van der Waals surface area (Å²) in [5.74, 6) is -0.520. The highest BCUT2D eigenvalue weighted by Gasteiger charge is 2.24. The number of benzene rings is 1. The minimum atomic E-state index is -1.48. The number of hydrogen-bond acceptors (Lipinski definition) is 5. The molecule has 0 aromatic heterocycles. The van der Waals surface area contributed by atoms with Gasteiger partial charge in [-0.2, -0.15) is 0 Å². The van der Waals surface area contributed by atoms with Crippen molar-refractivity contribution in [2.24, 2.45) is 0 Å². The van der Waals surface area contributed by atoms with Gasteiger partial charge < -0.3 is 19.5 Å². The highest BCUT2D eigenvalue weighted by atomic mass is 28.3. The van der Waals surface area contributed by atoms with E-state index in [9.17, 15) is 9.59 Å². The van der Waals surface area contributed by atoms with E-state index in [1.807, 2.05) is 0 Å². The average molecular weight is 452 g/mol. The Morgan fingerprint density at radius 3 is 2.17 bits per heavy atom. The Labute approximate surface area is 183 Å². The summed E-state index contributed by atoms with van der Waals surface area (Å²) >= 11 is 0. The Morgan fingerprint density at radius 2 is 1.57 bits per heavy atom. The first-order valence-corrected chi connectivity index (χ1v) is 17.2. The molecule has 0 atom stereocenters. The minimum Gasteiger partial charge on any atom is -0.461 e. The van der Waals surface area contributed by atoms with E-state index in [1.54, 1.807) is 0 Å². The SMILES string of the molecule is C=CC(=O)OCCNC(=O)OCCOCCC[Si](C)(C)c1ccc([Si](C)(C)C)cc1. The lowest BCUT2D eigenvalue weighted by Crippen LogP contribution is -2.44. The van der Waals surface area contributed by atoms with Crippen LogP contribution in [0.4, 0.5) is 4.79 Å². The monoisotopic (exact) mass is 451 g/mol. The standard InChI is InChI=1S/C22H37NO5Si2/c1-7-21(24)27-15-13-23-22(25)28-17-16-26-14-8-18-30(5,6)20-11-9-19(10-12-20)29(2,3)4/h7,9-12H,1,8,13-18H2,2-6H3,(H,23,25). The van der Waals surface area contributed by atoms with Crippen LogP contribution in [0.3, 0.4) is 0 Å². The van der Waals surface area contributed by atoms with Crippen LogP contribution >= 0.6 is 0 Å². The van der Waals surface area contributed by atoms with Crippen LogP contribution in [0.1, 0.15) is 6.42 Å². The van der Waals surface area contributed by atoms with E-state index in [2.05, 4.69) is 68.9 Å². The molecule has 0 aliphatic rings. The predicted molar refractivity (Wildman–Crippen MR) is 127 cm³/mol. The number of carbonyl (C=O) groups excluding carboxylic acids is 2. The molecular weight excluding hydrogens is 414 g/mol. The van der Waals surface area contributed by atoms with Crippen molar-refractivity contribution < 1.29 is 23.8 Å². The number of alkyl carbamates (subject to hydrolysis) is 1. The molecule has 0 spiro atoms. The first-order valence-electron chi connectivity index (χ1n) is 10.4. The van der Waals surface area contributed by atoms with Gasteiger partial charge in [0, 0.05) is 12.7 Å². The molecule has 0 bridgehead atoms. The van der Waals surface area contributed by atoms with Crippen molar-refractivity contribution >= 4 is 38.6 Å². The first kappa shape index (κ1) is 26.1. The summed E-state index contributed by atoms with van der Waals surface area (Å²) in [4.78, 5) is 22.3. The van der Waals surface area contributed by atoms with Crippen LogP contribution in [0, 0.1) is 0 Å². The topological polar surface area (TPSA) is 73.9 Å². The van der Waals surface area contributed by atoms with E-state index in [0.717, 1.165) is 18.5 Å². The zero-order valence-corrected chi connectivity index (χ0v) is 21.1. The third-order valence-electron chi connectivity index (χ3n) is 4.87. The second kappa shape index (κ2) is 12.7. The molecule has 8 heteroatoms. The zero-order chi connectivity index (χ0) is 22.6. The lowest BCUT2D eigenvalue weighted by molar-refractivity contribution is -0.137. The van der Waals surface area contributed by atoms with Crippen molar-refractivity contribution in [3.05, 3.63) is 36.9 Å². The van der Waals surface area contributed by atoms with Gasteiger partial charge in [-0.05, 0) is 6.42 Å². The summed E-state index contributed by atoms with van der Waals surface area (Å²) in [6, 6.07) is 10.4. The number of nitrogens with one attached hydrogen (secondary N) is 1. The lowest BCUT2D eigenvalue weighted by Gasteiger charge is -2.24. The largest absolute Gasteiger partial charge is 0.461 e. The molecule has 30 heavy (non-hydrogen) atoms. The molecule has 0 saturated carbocycles. The van der Waals surface area contributed by atoms with Gasteiger partial charge in [0.25, 0.3) is 0 Å². The van der Waals surface area contributed by atoms with Gasteiger partial charge in [0.2, 0.25) is 0 Å². The zero-order valence-electron chi connectivity index (χ0n) is 19.1. The van der Waals surface area contributed by atoms with E-state index < -0.39 is 28.2 Å². The van der Waals surface area contributed by atoms with Crippen LogP contribution in [0.2, 0.25) is 38.8 Å². The molecule has 168 valence electrons. The molecule has 1 N–H and O–H groups in total. The van der Waals surface area contributed by atoms with Crippen molar-refractivity contribution in [3.63, 3.8) is 0 Å². The molecule has 0 aliphatic heterocycles. The number of hydrogen-bond donors (Lipinski definition) is 1. The Balaban J connectivity index is 2.16. The number of esters is 1. The molecule has 1 rings (SSSR count). The van der Waals surface area contributed by atoms with Gasteiger partial charge in [-0.25, -0.2) is 9.59 Å². The van der Waals surface area contributed by atoms with Crippen molar-refractivity contribution in [3.8, 4) is 0 Å². The molecular formula is C22H37NO5Si2. The van der Waals surface area contributed by atoms with Gasteiger partial charge in [-0.1, -0.05) is 80.0 Å². The van der Waals surface area contributed by atoms with Crippen LogP contribution in [-0.4, -0.2) is 61.2 Å². The van der Waals surface area contributed by atoms with Gasteiger partial charge in [0.05, 0.1) is 29.3 Å². The molecule has 0 fully saturated rings. The number of amides is 1. The van der Waals surface area contributed by atoms with Gasteiger partial charge in [-0.3, -0.25) is 0 Å².